The Bertz CT molecular complexity index is 844. The maximum atomic E-state index is 13.0. The predicted molar refractivity (Wildman–Crippen MR) is 82.1 cm³/mol. The van der Waals surface area contributed by atoms with E-state index in [0.29, 0.717) is 22.6 Å². The predicted octanol–water partition coefficient (Wildman–Crippen LogP) is 3.79. The van der Waals surface area contributed by atoms with Gasteiger partial charge in [0.05, 0.1) is 21.9 Å². The van der Waals surface area contributed by atoms with E-state index in [2.05, 4.69) is 10.3 Å². The molecule has 0 bridgehead atoms. The highest BCUT2D eigenvalue weighted by Gasteiger charge is 2.12. The average molecular weight is 304 g/mol. The molecule has 0 atom stereocenters. The first-order chi connectivity index (χ1) is 10.0. The van der Waals surface area contributed by atoms with Crippen molar-refractivity contribution < 1.29 is 9.18 Å². The molecule has 6 heteroatoms. The molecule has 0 saturated carbocycles. The van der Waals surface area contributed by atoms with Crippen LogP contribution < -0.4 is 11.1 Å². The fourth-order valence-electron chi connectivity index (χ4n) is 2.08. The second kappa shape index (κ2) is 5.10. The van der Waals surface area contributed by atoms with E-state index < -0.39 is 5.82 Å². The van der Waals surface area contributed by atoms with E-state index in [4.69, 9.17) is 17.3 Å². The van der Waals surface area contributed by atoms with Crippen LogP contribution in [0.25, 0.3) is 10.9 Å². The van der Waals surface area contributed by atoms with Gasteiger partial charge in [0.1, 0.15) is 11.5 Å². The number of carbonyl (C=O) groups is 1. The maximum Gasteiger partial charge on any atom is 0.272 e. The third-order valence-corrected chi connectivity index (χ3v) is 3.43. The Labute approximate surface area is 124 Å². The number of rotatable bonds is 2. The van der Waals surface area contributed by atoms with Crippen LogP contribution in [0.15, 0.2) is 42.5 Å². The number of benzene rings is 2. The van der Waals surface area contributed by atoms with Crippen molar-refractivity contribution in [2.75, 3.05) is 11.1 Å². The number of nitrogens with one attached hydrogen (secondary N) is 2. The first-order valence-electron chi connectivity index (χ1n) is 6.18. The summed E-state index contributed by atoms with van der Waals surface area (Å²) >= 11 is 5.88. The van der Waals surface area contributed by atoms with Gasteiger partial charge in [0.2, 0.25) is 0 Å². The summed E-state index contributed by atoms with van der Waals surface area (Å²) in [5, 5.41) is 3.60. The SMILES string of the molecule is Nc1cccc2cc(C(=O)Nc3ccc(F)cc3Cl)[nH]c12. The molecule has 0 aliphatic carbocycles. The van der Waals surface area contributed by atoms with Gasteiger partial charge in [-0.25, -0.2) is 4.39 Å². The lowest BCUT2D eigenvalue weighted by molar-refractivity contribution is 0.102. The lowest BCUT2D eigenvalue weighted by Crippen LogP contribution is -2.12. The number of fused-ring (bicyclic) bond motifs is 1. The fourth-order valence-corrected chi connectivity index (χ4v) is 2.30. The molecule has 2 aromatic carbocycles. The normalized spacial score (nSPS) is 10.8. The third kappa shape index (κ3) is 2.55. The number of carbonyl (C=O) groups excluding carboxylic acids is 1. The Morgan fingerprint density at radius 1 is 1.24 bits per heavy atom. The smallest absolute Gasteiger partial charge is 0.272 e. The Kier molecular flexibility index (Phi) is 3.27. The molecule has 1 heterocycles. The molecule has 0 saturated heterocycles. The van der Waals surface area contributed by atoms with Crippen molar-refractivity contribution in [3.8, 4) is 0 Å². The number of halogens is 2. The van der Waals surface area contributed by atoms with Crippen LogP contribution in [-0.4, -0.2) is 10.9 Å². The van der Waals surface area contributed by atoms with Gasteiger partial charge in [0.15, 0.2) is 0 Å². The van der Waals surface area contributed by atoms with Gasteiger partial charge in [-0.2, -0.15) is 0 Å². The van der Waals surface area contributed by atoms with Crippen molar-refractivity contribution in [2.24, 2.45) is 0 Å². The topological polar surface area (TPSA) is 70.9 Å². The summed E-state index contributed by atoms with van der Waals surface area (Å²) in [5.74, 6) is -0.838. The Hall–Kier alpha value is -2.53. The number of nitrogen functional groups attached to an aromatic ring is 1. The summed E-state index contributed by atoms with van der Waals surface area (Å²) in [4.78, 5) is 15.2. The molecule has 0 fully saturated rings. The minimum Gasteiger partial charge on any atom is -0.397 e. The highest BCUT2D eigenvalue weighted by atomic mass is 35.5. The number of H-pyrrole nitrogens is 1. The Balaban J connectivity index is 1.92. The van der Waals surface area contributed by atoms with Gasteiger partial charge >= 0.3 is 0 Å². The van der Waals surface area contributed by atoms with Gasteiger partial charge in [0.25, 0.3) is 5.91 Å². The number of nitrogens with two attached hydrogens (primary N) is 1. The van der Waals surface area contributed by atoms with Crippen LogP contribution in [-0.2, 0) is 0 Å². The molecule has 0 aliphatic rings. The van der Waals surface area contributed by atoms with Gasteiger partial charge in [0, 0.05) is 5.39 Å². The molecular formula is C15H11ClFN3O. The highest BCUT2D eigenvalue weighted by molar-refractivity contribution is 6.33. The van der Waals surface area contributed by atoms with Crippen molar-refractivity contribution in [3.63, 3.8) is 0 Å². The summed E-state index contributed by atoms with van der Waals surface area (Å²) in [6.07, 6.45) is 0. The van der Waals surface area contributed by atoms with Crippen molar-refractivity contribution in [2.45, 2.75) is 0 Å². The van der Waals surface area contributed by atoms with Crippen molar-refractivity contribution in [3.05, 3.63) is 59.0 Å². The van der Waals surface area contributed by atoms with Crippen LogP contribution in [0, 0.1) is 5.82 Å². The van der Waals surface area contributed by atoms with Crippen LogP contribution in [0.3, 0.4) is 0 Å². The first-order valence-corrected chi connectivity index (χ1v) is 6.56. The molecule has 0 unspecified atom stereocenters. The molecule has 1 aromatic heterocycles. The third-order valence-electron chi connectivity index (χ3n) is 3.11. The summed E-state index contributed by atoms with van der Waals surface area (Å²) < 4.78 is 13.0. The molecule has 3 rings (SSSR count). The Morgan fingerprint density at radius 3 is 2.76 bits per heavy atom. The summed E-state index contributed by atoms with van der Waals surface area (Å²) in [7, 11) is 0. The van der Waals surface area contributed by atoms with Gasteiger partial charge in [-0.15, -0.1) is 0 Å². The quantitative estimate of drug-likeness (QED) is 0.630. The zero-order chi connectivity index (χ0) is 15.0. The van der Waals surface area contributed by atoms with E-state index in [9.17, 15) is 9.18 Å². The van der Waals surface area contributed by atoms with E-state index in [1.807, 2.05) is 12.1 Å². The van der Waals surface area contributed by atoms with Crippen LogP contribution in [0.5, 0.6) is 0 Å². The molecule has 0 spiro atoms. The van der Waals surface area contributed by atoms with E-state index in [1.54, 1.807) is 12.1 Å². The second-order valence-corrected chi connectivity index (χ2v) is 4.98. The monoisotopic (exact) mass is 303 g/mol. The molecular weight excluding hydrogens is 293 g/mol. The van der Waals surface area contributed by atoms with Crippen LogP contribution >= 0.6 is 11.6 Å². The minimum absolute atomic E-state index is 0.138. The van der Waals surface area contributed by atoms with E-state index in [0.717, 1.165) is 11.5 Å². The molecule has 21 heavy (non-hydrogen) atoms. The van der Waals surface area contributed by atoms with Crippen LogP contribution in [0.2, 0.25) is 5.02 Å². The second-order valence-electron chi connectivity index (χ2n) is 4.57. The van der Waals surface area contributed by atoms with E-state index >= 15 is 0 Å². The number of amides is 1. The molecule has 106 valence electrons. The molecule has 4 N–H and O–H groups in total. The number of aromatic amines is 1. The number of anilines is 2. The molecule has 0 radical (unpaired) electrons. The van der Waals surface area contributed by atoms with Crippen molar-refractivity contribution >= 4 is 39.8 Å². The number of hydrogen-bond acceptors (Lipinski definition) is 2. The summed E-state index contributed by atoms with van der Waals surface area (Å²) in [6.45, 7) is 0. The lowest BCUT2D eigenvalue weighted by Gasteiger charge is -2.05. The molecule has 4 nitrogen and oxygen atoms in total. The average Bonchev–Trinajstić information content (AvgIpc) is 2.87. The number of hydrogen-bond donors (Lipinski definition) is 3. The first kappa shape index (κ1) is 13.5. The molecule has 3 aromatic rings. The molecule has 0 aliphatic heterocycles. The lowest BCUT2D eigenvalue weighted by atomic mass is 10.2. The van der Waals surface area contributed by atoms with Crippen molar-refractivity contribution in [1.29, 1.82) is 0 Å². The number of para-hydroxylation sites is 1. The zero-order valence-electron chi connectivity index (χ0n) is 10.8. The van der Waals surface area contributed by atoms with Gasteiger partial charge in [-0.1, -0.05) is 23.7 Å². The summed E-state index contributed by atoms with van der Waals surface area (Å²) in [6, 6.07) is 10.9. The zero-order valence-corrected chi connectivity index (χ0v) is 11.5. The van der Waals surface area contributed by atoms with E-state index in [-0.39, 0.29) is 10.9 Å². The minimum atomic E-state index is -0.462. The van der Waals surface area contributed by atoms with Gasteiger partial charge in [-0.3, -0.25) is 4.79 Å². The van der Waals surface area contributed by atoms with Crippen LogP contribution in [0.4, 0.5) is 15.8 Å². The summed E-state index contributed by atoms with van der Waals surface area (Å²) in [5.41, 5.74) is 7.79. The largest absolute Gasteiger partial charge is 0.397 e. The maximum absolute atomic E-state index is 13.0. The highest BCUT2D eigenvalue weighted by Crippen LogP contribution is 2.25. The Morgan fingerprint density at radius 2 is 2.05 bits per heavy atom. The standard InChI is InChI=1S/C15H11ClFN3O/c16-10-7-9(17)4-5-12(10)20-15(21)13-6-8-2-1-3-11(18)14(8)19-13/h1-7,19H,18H2,(H,20,21). The number of aromatic nitrogens is 1. The van der Waals surface area contributed by atoms with Gasteiger partial charge < -0.3 is 16.0 Å². The molecule has 1 amide bonds. The fraction of sp³-hybridized carbons (Fsp3) is 0. The van der Waals surface area contributed by atoms with Gasteiger partial charge in [-0.05, 0) is 30.3 Å². The van der Waals surface area contributed by atoms with Crippen molar-refractivity contribution in [1.82, 2.24) is 4.98 Å². The van der Waals surface area contributed by atoms with E-state index in [1.165, 1.54) is 12.1 Å². The van der Waals surface area contributed by atoms with Crippen LogP contribution in [0.1, 0.15) is 10.5 Å².